The number of amides is 1. The first kappa shape index (κ1) is 22.0. The average molecular weight is 466 g/mol. The van der Waals surface area contributed by atoms with Crippen LogP contribution in [0.25, 0.3) is 0 Å². The monoisotopic (exact) mass is 466 g/mol. The fourth-order valence-corrected chi connectivity index (χ4v) is 2.51. The minimum atomic E-state index is -0.0585. The van der Waals surface area contributed by atoms with Crippen molar-refractivity contribution in [3.8, 4) is 0 Å². The summed E-state index contributed by atoms with van der Waals surface area (Å²) >= 11 is 0. The van der Waals surface area contributed by atoms with Gasteiger partial charge in [-0.05, 0) is 36.6 Å². The van der Waals surface area contributed by atoms with E-state index in [9.17, 15) is 4.79 Å². The van der Waals surface area contributed by atoms with Crippen LogP contribution in [0.3, 0.4) is 0 Å². The number of halogens is 1. The number of guanidine groups is 1. The Bertz CT molecular complexity index is 702. The van der Waals surface area contributed by atoms with Crippen molar-refractivity contribution < 1.29 is 4.79 Å². The van der Waals surface area contributed by atoms with Gasteiger partial charge < -0.3 is 16.0 Å². The van der Waals surface area contributed by atoms with E-state index in [0.29, 0.717) is 0 Å². The van der Waals surface area contributed by atoms with Gasteiger partial charge in [-0.1, -0.05) is 42.5 Å². The molecule has 0 aliphatic heterocycles. The van der Waals surface area contributed by atoms with Crippen molar-refractivity contribution in [2.75, 3.05) is 18.9 Å². The van der Waals surface area contributed by atoms with Crippen LogP contribution in [0.2, 0.25) is 0 Å². The van der Waals surface area contributed by atoms with Gasteiger partial charge in [0.15, 0.2) is 5.96 Å². The lowest BCUT2D eigenvalue weighted by Crippen LogP contribution is -2.39. The van der Waals surface area contributed by atoms with Crippen LogP contribution in [0.5, 0.6) is 0 Å². The highest BCUT2D eigenvalue weighted by Gasteiger charge is 2.06. The molecule has 1 unspecified atom stereocenters. The highest BCUT2D eigenvalue weighted by molar-refractivity contribution is 14.0. The number of nitrogens with zero attached hydrogens (tertiary/aromatic N) is 1. The number of benzene rings is 2. The van der Waals surface area contributed by atoms with E-state index in [-0.39, 0.29) is 35.9 Å². The van der Waals surface area contributed by atoms with E-state index in [2.05, 4.69) is 40.0 Å². The Morgan fingerprint density at radius 3 is 2.31 bits per heavy atom. The number of aliphatic imine (C=N–C) groups is 1. The molecule has 0 saturated carbocycles. The lowest BCUT2D eigenvalue weighted by molar-refractivity contribution is -0.114. The summed E-state index contributed by atoms with van der Waals surface area (Å²) in [4.78, 5) is 15.3. The molecule has 26 heavy (non-hydrogen) atoms. The lowest BCUT2D eigenvalue weighted by Gasteiger charge is -2.18. The van der Waals surface area contributed by atoms with Crippen LogP contribution in [0.1, 0.15) is 31.0 Å². The second-order valence-corrected chi connectivity index (χ2v) is 5.90. The number of hydrogen-bond donors (Lipinski definition) is 3. The van der Waals surface area contributed by atoms with Crippen LogP contribution in [0.15, 0.2) is 59.6 Å². The number of rotatable bonds is 6. The second kappa shape index (κ2) is 11.5. The molecule has 1 atom stereocenters. The number of carbonyl (C=O) groups excluding carboxylic acids is 1. The first-order chi connectivity index (χ1) is 12.1. The van der Waals surface area contributed by atoms with E-state index in [0.717, 1.165) is 24.6 Å². The van der Waals surface area contributed by atoms with Gasteiger partial charge in [-0.15, -0.1) is 24.0 Å². The molecular weight excluding hydrogens is 439 g/mol. The minimum Gasteiger partial charge on any atom is -0.356 e. The fourth-order valence-electron chi connectivity index (χ4n) is 2.51. The van der Waals surface area contributed by atoms with Crippen molar-refractivity contribution in [1.29, 1.82) is 0 Å². The van der Waals surface area contributed by atoms with Crippen molar-refractivity contribution in [2.24, 2.45) is 4.99 Å². The number of nitrogens with one attached hydrogen (secondary N) is 3. The molecule has 2 rings (SSSR count). The van der Waals surface area contributed by atoms with Crippen LogP contribution in [-0.2, 0) is 11.2 Å². The standard InChI is InChI=1S/C20H26N4O.HI/c1-15(18-7-5-4-6-8-18)23-20(21-3)22-14-13-17-9-11-19(12-10-17)24-16(2)25;/h4-12,15H,13-14H2,1-3H3,(H,24,25)(H2,21,22,23);1H. The largest absolute Gasteiger partial charge is 0.356 e. The molecule has 5 nitrogen and oxygen atoms in total. The molecule has 0 spiro atoms. The maximum atomic E-state index is 11.0. The third-order valence-corrected chi connectivity index (χ3v) is 3.86. The average Bonchev–Trinajstić information content (AvgIpc) is 2.62. The summed E-state index contributed by atoms with van der Waals surface area (Å²) in [6, 6.07) is 18.4. The molecular formula is C20H27IN4O. The second-order valence-electron chi connectivity index (χ2n) is 5.90. The minimum absolute atomic E-state index is 0. The van der Waals surface area contributed by atoms with E-state index in [4.69, 9.17) is 0 Å². The van der Waals surface area contributed by atoms with E-state index in [1.807, 2.05) is 42.5 Å². The summed E-state index contributed by atoms with van der Waals surface area (Å²) in [5.74, 6) is 0.725. The Labute approximate surface area is 172 Å². The summed E-state index contributed by atoms with van der Waals surface area (Å²) in [5.41, 5.74) is 3.24. The number of carbonyl (C=O) groups is 1. The third kappa shape index (κ3) is 7.43. The van der Waals surface area contributed by atoms with Gasteiger partial charge in [0, 0.05) is 26.2 Å². The topological polar surface area (TPSA) is 65.5 Å². The third-order valence-electron chi connectivity index (χ3n) is 3.86. The number of anilines is 1. The van der Waals surface area contributed by atoms with Crippen LogP contribution in [0.4, 0.5) is 5.69 Å². The Balaban J connectivity index is 0.00000338. The predicted molar refractivity (Wildman–Crippen MR) is 119 cm³/mol. The molecule has 0 heterocycles. The zero-order valence-corrected chi connectivity index (χ0v) is 17.8. The van der Waals surface area contributed by atoms with E-state index in [1.165, 1.54) is 18.1 Å². The highest BCUT2D eigenvalue weighted by Crippen LogP contribution is 2.11. The molecule has 2 aromatic carbocycles. The van der Waals surface area contributed by atoms with Gasteiger partial charge in [-0.3, -0.25) is 9.79 Å². The van der Waals surface area contributed by atoms with Crippen molar-refractivity contribution in [3.05, 3.63) is 65.7 Å². The Hall–Kier alpha value is -2.09. The molecule has 140 valence electrons. The Morgan fingerprint density at radius 1 is 1.08 bits per heavy atom. The van der Waals surface area contributed by atoms with Gasteiger partial charge in [-0.2, -0.15) is 0 Å². The highest BCUT2D eigenvalue weighted by atomic mass is 127. The van der Waals surface area contributed by atoms with E-state index >= 15 is 0 Å². The quantitative estimate of drug-likeness (QED) is 0.346. The van der Waals surface area contributed by atoms with Gasteiger partial charge >= 0.3 is 0 Å². The molecule has 0 bridgehead atoms. The summed E-state index contributed by atoms with van der Waals surface area (Å²) in [7, 11) is 1.77. The van der Waals surface area contributed by atoms with Crippen molar-refractivity contribution in [1.82, 2.24) is 10.6 Å². The lowest BCUT2D eigenvalue weighted by atomic mass is 10.1. The summed E-state index contributed by atoms with van der Waals surface area (Å²) in [6.45, 7) is 4.40. The zero-order valence-electron chi connectivity index (χ0n) is 15.5. The van der Waals surface area contributed by atoms with Crippen molar-refractivity contribution in [3.63, 3.8) is 0 Å². The summed E-state index contributed by atoms with van der Waals surface area (Å²) < 4.78 is 0. The van der Waals surface area contributed by atoms with Gasteiger partial charge in [0.05, 0.1) is 6.04 Å². The van der Waals surface area contributed by atoms with Gasteiger partial charge in [-0.25, -0.2) is 0 Å². The molecule has 0 fully saturated rings. The maximum Gasteiger partial charge on any atom is 0.221 e. The van der Waals surface area contributed by atoms with E-state index in [1.54, 1.807) is 7.05 Å². The van der Waals surface area contributed by atoms with Crippen LogP contribution in [0, 0.1) is 0 Å². The normalized spacial score (nSPS) is 11.9. The molecule has 1 amide bonds. The van der Waals surface area contributed by atoms with Crippen LogP contribution < -0.4 is 16.0 Å². The van der Waals surface area contributed by atoms with E-state index < -0.39 is 0 Å². The molecule has 0 aliphatic carbocycles. The molecule has 0 radical (unpaired) electrons. The molecule has 2 aromatic rings. The summed E-state index contributed by atoms with van der Waals surface area (Å²) in [6.07, 6.45) is 0.876. The molecule has 6 heteroatoms. The zero-order chi connectivity index (χ0) is 18.1. The SMILES string of the molecule is CN=C(NCCc1ccc(NC(C)=O)cc1)NC(C)c1ccccc1.I. The smallest absolute Gasteiger partial charge is 0.221 e. The maximum absolute atomic E-state index is 11.0. The fraction of sp³-hybridized carbons (Fsp3) is 0.300. The first-order valence-corrected chi connectivity index (χ1v) is 8.47. The molecule has 0 aliphatic rings. The molecule has 0 aromatic heterocycles. The van der Waals surface area contributed by atoms with Crippen LogP contribution >= 0.6 is 24.0 Å². The van der Waals surface area contributed by atoms with Crippen molar-refractivity contribution >= 4 is 41.5 Å². The Morgan fingerprint density at radius 2 is 1.73 bits per heavy atom. The summed E-state index contributed by atoms with van der Waals surface area (Å²) in [5, 5.41) is 9.49. The predicted octanol–water partition coefficient (Wildman–Crippen LogP) is 3.73. The Kier molecular flexibility index (Phi) is 9.72. The van der Waals surface area contributed by atoms with Gasteiger partial charge in [0.25, 0.3) is 0 Å². The van der Waals surface area contributed by atoms with Gasteiger partial charge in [0.1, 0.15) is 0 Å². The van der Waals surface area contributed by atoms with Gasteiger partial charge in [0.2, 0.25) is 5.91 Å². The van der Waals surface area contributed by atoms with Crippen LogP contribution in [-0.4, -0.2) is 25.5 Å². The van der Waals surface area contributed by atoms with Crippen molar-refractivity contribution in [2.45, 2.75) is 26.3 Å². The molecule has 3 N–H and O–H groups in total. The number of hydrogen-bond acceptors (Lipinski definition) is 2. The molecule has 0 saturated heterocycles. The first-order valence-electron chi connectivity index (χ1n) is 8.47.